The van der Waals surface area contributed by atoms with E-state index in [0.717, 1.165) is 30.7 Å². The number of nitrogens with one attached hydrogen (secondary N) is 1. The van der Waals surface area contributed by atoms with Gasteiger partial charge in [-0.2, -0.15) is 4.98 Å². The van der Waals surface area contributed by atoms with E-state index in [1.165, 1.54) is 0 Å². The fourth-order valence-corrected chi connectivity index (χ4v) is 3.53. The van der Waals surface area contributed by atoms with E-state index in [1.807, 2.05) is 17.5 Å². The van der Waals surface area contributed by atoms with Crippen molar-refractivity contribution in [2.75, 3.05) is 20.2 Å². The molecule has 3 heterocycles. The zero-order valence-corrected chi connectivity index (χ0v) is 14.6. The number of likely N-dealkylation sites (tertiary alicyclic amines) is 1. The van der Waals surface area contributed by atoms with Crippen molar-refractivity contribution in [1.82, 2.24) is 20.4 Å². The Labute approximate surface area is 145 Å². The summed E-state index contributed by atoms with van der Waals surface area (Å²) in [7, 11) is 1.60. The summed E-state index contributed by atoms with van der Waals surface area (Å²) < 4.78 is 10.4. The van der Waals surface area contributed by atoms with Gasteiger partial charge in [0.05, 0.1) is 19.1 Å². The van der Waals surface area contributed by atoms with Crippen molar-refractivity contribution in [3.63, 3.8) is 0 Å². The molecule has 8 heteroatoms. The highest BCUT2D eigenvalue weighted by molar-refractivity contribution is 7.09. The summed E-state index contributed by atoms with van der Waals surface area (Å²) in [5.41, 5.74) is 0. The van der Waals surface area contributed by atoms with Crippen molar-refractivity contribution in [3.05, 3.63) is 34.1 Å². The molecular formula is C16H22N4O3S. The molecule has 2 aromatic rings. The molecule has 7 nitrogen and oxygen atoms in total. The van der Waals surface area contributed by atoms with Crippen LogP contribution in [0.3, 0.4) is 0 Å². The second-order valence-electron chi connectivity index (χ2n) is 5.82. The van der Waals surface area contributed by atoms with E-state index in [4.69, 9.17) is 9.26 Å². The number of piperidine rings is 1. The molecule has 0 unspecified atom stereocenters. The molecule has 0 spiro atoms. The quantitative estimate of drug-likeness (QED) is 0.824. The highest BCUT2D eigenvalue weighted by Crippen LogP contribution is 2.29. The van der Waals surface area contributed by atoms with Crippen LogP contribution in [0.5, 0.6) is 0 Å². The van der Waals surface area contributed by atoms with Gasteiger partial charge in [0.1, 0.15) is 6.61 Å². The number of nitrogens with zero attached hydrogens (tertiary/aromatic N) is 3. The molecule has 1 aliphatic rings. The predicted molar refractivity (Wildman–Crippen MR) is 89.3 cm³/mol. The Kier molecular flexibility index (Phi) is 5.95. The van der Waals surface area contributed by atoms with Gasteiger partial charge in [-0.1, -0.05) is 17.6 Å². The molecule has 1 N–H and O–H groups in total. The van der Waals surface area contributed by atoms with Crippen LogP contribution >= 0.6 is 11.3 Å². The summed E-state index contributed by atoms with van der Waals surface area (Å²) in [5, 5.41) is 8.91. The number of ether oxygens (including phenoxy) is 1. The Morgan fingerprint density at radius 1 is 1.54 bits per heavy atom. The summed E-state index contributed by atoms with van der Waals surface area (Å²) in [5.74, 6) is 1.14. The van der Waals surface area contributed by atoms with Crippen molar-refractivity contribution in [1.29, 1.82) is 0 Å². The van der Waals surface area contributed by atoms with E-state index in [2.05, 4.69) is 20.4 Å². The smallest absolute Gasteiger partial charge is 0.244 e. The molecule has 3 rings (SSSR count). The van der Waals surface area contributed by atoms with Crippen LogP contribution < -0.4 is 5.32 Å². The van der Waals surface area contributed by atoms with Gasteiger partial charge in [0, 0.05) is 12.0 Å². The van der Waals surface area contributed by atoms with Gasteiger partial charge in [-0.25, -0.2) is 0 Å². The molecule has 0 aromatic carbocycles. The summed E-state index contributed by atoms with van der Waals surface area (Å²) in [6.07, 6.45) is 3.10. The Morgan fingerprint density at radius 2 is 2.46 bits per heavy atom. The Bertz CT molecular complexity index is 644. The lowest BCUT2D eigenvalue weighted by Crippen LogP contribution is -2.41. The van der Waals surface area contributed by atoms with Crippen LogP contribution in [-0.2, 0) is 22.7 Å². The Balaban J connectivity index is 1.58. The van der Waals surface area contributed by atoms with Crippen LogP contribution in [0.15, 0.2) is 22.0 Å². The average molecular weight is 350 g/mol. The Morgan fingerprint density at radius 3 is 3.25 bits per heavy atom. The van der Waals surface area contributed by atoms with E-state index < -0.39 is 0 Å². The van der Waals surface area contributed by atoms with Crippen LogP contribution in [0.1, 0.15) is 41.9 Å². The van der Waals surface area contributed by atoms with Gasteiger partial charge in [-0.3, -0.25) is 9.69 Å². The molecule has 0 radical (unpaired) electrons. The standard InChI is InChI=1S/C16H22N4O3S/c1-22-11-14-18-16(23-19-14)13-6-2-3-7-20(13)10-15(21)17-9-12-5-4-8-24-12/h4-5,8,13H,2-3,6-7,9-11H2,1H3,(H,17,21)/t13-/m1/s1. The number of amides is 1. The summed E-state index contributed by atoms with van der Waals surface area (Å²) in [6.45, 7) is 2.11. The lowest BCUT2D eigenvalue weighted by atomic mass is 10.0. The lowest BCUT2D eigenvalue weighted by molar-refractivity contribution is -0.123. The fraction of sp³-hybridized carbons (Fsp3) is 0.562. The maximum atomic E-state index is 12.3. The van der Waals surface area contributed by atoms with Gasteiger partial charge in [0.15, 0.2) is 5.82 Å². The third-order valence-corrected chi connectivity index (χ3v) is 4.92. The zero-order valence-electron chi connectivity index (χ0n) is 13.7. The highest BCUT2D eigenvalue weighted by atomic mass is 32.1. The Hall–Kier alpha value is -1.77. The topological polar surface area (TPSA) is 80.5 Å². The van der Waals surface area contributed by atoms with Crippen molar-refractivity contribution < 1.29 is 14.1 Å². The molecular weight excluding hydrogens is 328 g/mol. The summed E-state index contributed by atoms with van der Waals surface area (Å²) >= 11 is 1.64. The number of thiophene rings is 1. The van der Waals surface area contributed by atoms with Gasteiger partial charge >= 0.3 is 0 Å². The highest BCUT2D eigenvalue weighted by Gasteiger charge is 2.30. The number of aromatic nitrogens is 2. The van der Waals surface area contributed by atoms with Gasteiger partial charge in [0.2, 0.25) is 11.8 Å². The van der Waals surface area contributed by atoms with Crippen LogP contribution in [-0.4, -0.2) is 41.1 Å². The number of rotatable bonds is 7. The maximum Gasteiger partial charge on any atom is 0.244 e. The van der Waals surface area contributed by atoms with E-state index in [0.29, 0.717) is 31.4 Å². The molecule has 0 bridgehead atoms. The largest absolute Gasteiger partial charge is 0.377 e. The second kappa shape index (κ2) is 8.36. The molecule has 24 heavy (non-hydrogen) atoms. The number of hydrogen-bond acceptors (Lipinski definition) is 7. The zero-order chi connectivity index (χ0) is 16.8. The van der Waals surface area contributed by atoms with Crippen molar-refractivity contribution >= 4 is 17.2 Å². The monoisotopic (exact) mass is 350 g/mol. The van der Waals surface area contributed by atoms with Gasteiger partial charge in [0.25, 0.3) is 0 Å². The van der Waals surface area contributed by atoms with Crippen molar-refractivity contribution in [3.8, 4) is 0 Å². The maximum absolute atomic E-state index is 12.3. The van der Waals surface area contributed by atoms with E-state index >= 15 is 0 Å². The molecule has 0 saturated carbocycles. The van der Waals surface area contributed by atoms with Gasteiger partial charge in [-0.05, 0) is 30.8 Å². The molecule has 1 amide bonds. The van der Waals surface area contributed by atoms with Gasteiger partial charge in [-0.15, -0.1) is 11.3 Å². The van der Waals surface area contributed by atoms with Crippen LogP contribution in [0.4, 0.5) is 0 Å². The number of hydrogen-bond donors (Lipinski definition) is 1. The molecule has 1 fully saturated rings. The normalized spacial score (nSPS) is 18.6. The van der Waals surface area contributed by atoms with Crippen LogP contribution in [0.25, 0.3) is 0 Å². The minimum atomic E-state index is 0.00402. The van der Waals surface area contributed by atoms with Crippen molar-refractivity contribution in [2.24, 2.45) is 0 Å². The number of carbonyl (C=O) groups excluding carboxylic acids is 1. The van der Waals surface area contributed by atoms with Gasteiger partial charge < -0.3 is 14.6 Å². The first kappa shape index (κ1) is 17.1. The van der Waals surface area contributed by atoms with Crippen LogP contribution in [0, 0.1) is 0 Å². The minimum Gasteiger partial charge on any atom is -0.377 e. The van der Waals surface area contributed by atoms with Crippen LogP contribution in [0.2, 0.25) is 0 Å². The average Bonchev–Trinajstić information content (AvgIpc) is 3.25. The number of carbonyl (C=O) groups is 1. The summed E-state index contributed by atoms with van der Waals surface area (Å²) in [6, 6.07) is 4.01. The first-order chi connectivity index (χ1) is 11.8. The predicted octanol–water partition coefficient (Wildman–Crippen LogP) is 2.12. The van der Waals surface area contributed by atoms with E-state index in [9.17, 15) is 4.79 Å². The first-order valence-electron chi connectivity index (χ1n) is 8.11. The number of methoxy groups -OCH3 is 1. The van der Waals surface area contributed by atoms with E-state index in [-0.39, 0.29) is 11.9 Å². The second-order valence-corrected chi connectivity index (χ2v) is 6.85. The molecule has 2 aromatic heterocycles. The third kappa shape index (κ3) is 4.40. The third-order valence-electron chi connectivity index (χ3n) is 4.04. The fourth-order valence-electron chi connectivity index (χ4n) is 2.89. The molecule has 1 saturated heterocycles. The molecule has 1 atom stereocenters. The molecule has 1 aliphatic heterocycles. The first-order valence-corrected chi connectivity index (χ1v) is 8.99. The minimum absolute atomic E-state index is 0.00402. The van der Waals surface area contributed by atoms with Crippen molar-refractivity contribution in [2.45, 2.75) is 38.5 Å². The molecule has 0 aliphatic carbocycles. The van der Waals surface area contributed by atoms with E-state index in [1.54, 1.807) is 18.4 Å². The SMILES string of the molecule is COCc1noc([C@H]2CCCCN2CC(=O)NCc2cccs2)n1. The molecule has 130 valence electrons. The summed E-state index contributed by atoms with van der Waals surface area (Å²) in [4.78, 5) is 19.9. The lowest BCUT2D eigenvalue weighted by Gasteiger charge is -2.32.